The number of rotatable bonds is 6. The predicted molar refractivity (Wildman–Crippen MR) is 86.0 cm³/mol. The lowest BCUT2D eigenvalue weighted by molar-refractivity contribution is 0.550. The summed E-state index contributed by atoms with van der Waals surface area (Å²) in [5.74, 6) is 0. The summed E-state index contributed by atoms with van der Waals surface area (Å²) in [4.78, 5) is 3.18. The molecular weight excluding hydrogens is 250 g/mol. The summed E-state index contributed by atoms with van der Waals surface area (Å²) in [6.07, 6.45) is 8.92. The van der Waals surface area contributed by atoms with Crippen LogP contribution in [0.3, 0.4) is 0 Å². The summed E-state index contributed by atoms with van der Waals surface area (Å²) in [7, 11) is 0. The SMILES string of the molecule is C=C(CC)CC(NCC)c1cc2c(s1)CCCCC2. The first-order valence-corrected chi connectivity index (χ1v) is 8.57. The van der Waals surface area contributed by atoms with Crippen LogP contribution < -0.4 is 5.32 Å². The lowest BCUT2D eigenvalue weighted by Gasteiger charge is -2.17. The molecule has 0 saturated carbocycles. The molecule has 19 heavy (non-hydrogen) atoms. The quantitative estimate of drug-likeness (QED) is 0.568. The van der Waals surface area contributed by atoms with E-state index in [4.69, 9.17) is 0 Å². The van der Waals surface area contributed by atoms with E-state index in [0.29, 0.717) is 6.04 Å². The van der Waals surface area contributed by atoms with E-state index in [1.54, 1.807) is 10.4 Å². The summed E-state index contributed by atoms with van der Waals surface area (Å²) >= 11 is 2.05. The maximum Gasteiger partial charge on any atom is 0.0452 e. The molecule has 0 saturated heterocycles. The lowest BCUT2D eigenvalue weighted by atomic mass is 10.0. The highest BCUT2D eigenvalue weighted by molar-refractivity contribution is 7.12. The molecule has 106 valence electrons. The first-order chi connectivity index (χ1) is 9.24. The molecule has 1 aliphatic rings. The van der Waals surface area contributed by atoms with E-state index in [-0.39, 0.29) is 0 Å². The van der Waals surface area contributed by atoms with Gasteiger partial charge >= 0.3 is 0 Å². The van der Waals surface area contributed by atoms with E-state index in [9.17, 15) is 0 Å². The first kappa shape index (κ1) is 14.8. The zero-order chi connectivity index (χ0) is 13.7. The summed E-state index contributed by atoms with van der Waals surface area (Å²) in [5.41, 5.74) is 2.98. The van der Waals surface area contributed by atoms with Gasteiger partial charge in [-0.15, -0.1) is 11.3 Å². The Hall–Kier alpha value is -0.600. The molecule has 1 atom stereocenters. The number of hydrogen-bond acceptors (Lipinski definition) is 2. The average molecular weight is 277 g/mol. The maximum atomic E-state index is 4.18. The van der Waals surface area contributed by atoms with Crippen molar-refractivity contribution in [2.75, 3.05) is 6.54 Å². The third kappa shape index (κ3) is 3.93. The Bertz CT molecular complexity index is 395. The molecule has 0 amide bonds. The van der Waals surface area contributed by atoms with E-state index >= 15 is 0 Å². The van der Waals surface area contributed by atoms with Gasteiger partial charge < -0.3 is 5.32 Å². The Kier molecular flexibility index (Phi) is 5.65. The fraction of sp³-hybridized carbons (Fsp3) is 0.647. The average Bonchev–Trinajstić information content (AvgIpc) is 2.69. The molecule has 0 aliphatic heterocycles. The van der Waals surface area contributed by atoms with Crippen molar-refractivity contribution in [3.63, 3.8) is 0 Å². The zero-order valence-corrected chi connectivity index (χ0v) is 13.2. The molecule has 2 rings (SSSR count). The Morgan fingerprint density at radius 2 is 2.11 bits per heavy atom. The van der Waals surface area contributed by atoms with Crippen LogP contribution in [0.5, 0.6) is 0 Å². The Morgan fingerprint density at radius 1 is 1.32 bits per heavy atom. The highest BCUT2D eigenvalue weighted by atomic mass is 32.1. The minimum absolute atomic E-state index is 0.481. The molecule has 1 heterocycles. The minimum atomic E-state index is 0.481. The summed E-state index contributed by atoms with van der Waals surface area (Å²) in [6.45, 7) is 9.61. The van der Waals surface area contributed by atoms with Crippen molar-refractivity contribution in [1.82, 2.24) is 5.32 Å². The molecule has 1 aliphatic carbocycles. The van der Waals surface area contributed by atoms with Gasteiger partial charge in [-0.05, 0) is 56.7 Å². The molecule has 0 aromatic carbocycles. The van der Waals surface area contributed by atoms with Crippen LogP contribution >= 0.6 is 11.3 Å². The topological polar surface area (TPSA) is 12.0 Å². The van der Waals surface area contributed by atoms with Gasteiger partial charge in [-0.25, -0.2) is 0 Å². The van der Waals surface area contributed by atoms with Crippen molar-refractivity contribution in [3.05, 3.63) is 33.5 Å². The molecular formula is C17H27NS. The van der Waals surface area contributed by atoms with Gasteiger partial charge in [-0.2, -0.15) is 0 Å². The van der Waals surface area contributed by atoms with Crippen LogP contribution in [-0.4, -0.2) is 6.54 Å². The van der Waals surface area contributed by atoms with Crippen LogP contribution in [0.4, 0.5) is 0 Å². The normalized spacial score (nSPS) is 16.7. The van der Waals surface area contributed by atoms with Crippen LogP contribution in [0.15, 0.2) is 18.2 Å². The van der Waals surface area contributed by atoms with Gasteiger partial charge in [0.1, 0.15) is 0 Å². The van der Waals surface area contributed by atoms with Gasteiger partial charge in [0.2, 0.25) is 0 Å². The van der Waals surface area contributed by atoms with Gasteiger partial charge in [0.15, 0.2) is 0 Å². The molecule has 0 radical (unpaired) electrons. The molecule has 1 aromatic heterocycles. The highest BCUT2D eigenvalue weighted by Gasteiger charge is 2.18. The smallest absolute Gasteiger partial charge is 0.0452 e. The second-order valence-electron chi connectivity index (χ2n) is 5.58. The standard InChI is InChI=1S/C17H27NS/c1-4-13(3)11-15(18-5-2)17-12-14-9-7-6-8-10-16(14)19-17/h12,15,18H,3-11H2,1-2H3. The maximum absolute atomic E-state index is 4.18. The number of nitrogens with one attached hydrogen (secondary N) is 1. The van der Waals surface area contributed by atoms with Crippen LogP contribution in [0.1, 0.15) is 67.3 Å². The Morgan fingerprint density at radius 3 is 2.84 bits per heavy atom. The van der Waals surface area contributed by atoms with E-state index in [1.807, 2.05) is 11.3 Å². The number of hydrogen-bond donors (Lipinski definition) is 1. The molecule has 0 fully saturated rings. The van der Waals surface area contributed by atoms with Crippen molar-refractivity contribution in [2.24, 2.45) is 0 Å². The summed E-state index contributed by atoms with van der Waals surface area (Å²) in [5, 5.41) is 3.64. The Labute approximate surface area is 122 Å². The number of aryl methyl sites for hydroxylation is 2. The second kappa shape index (κ2) is 7.25. The molecule has 0 spiro atoms. The van der Waals surface area contributed by atoms with E-state index in [0.717, 1.165) is 19.4 Å². The van der Waals surface area contributed by atoms with Gasteiger partial charge in [0, 0.05) is 15.8 Å². The lowest BCUT2D eigenvalue weighted by Crippen LogP contribution is -2.20. The van der Waals surface area contributed by atoms with Crippen molar-refractivity contribution in [2.45, 2.75) is 64.8 Å². The van der Waals surface area contributed by atoms with Crippen molar-refractivity contribution in [1.29, 1.82) is 0 Å². The number of fused-ring (bicyclic) bond motifs is 1. The van der Waals surface area contributed by atoms with E-state index in [1.165, 1.54) is 42.6 Å². The van der Waals surface area contributed by atoms with Gasteiger partial charge in [-0.1, -0.05) is 32.4 Å². The minimum Gasteiger partial charge on any atom is -0.309 e. The third-order valence-corrected chi connectivity index (χ3v) is 5.40. The highest BCUT2D eigenvalue weighted by Crippen LogP contribution is 2.34. The fourth-order valence-electron chi connectivity index (χ4n) is 2.81. The van der Waals surface area contributed by atoms with Crippen molar-refractivity contribution >= 4 is 11.3 Å². The van der Waals surface area contributed by atoms with Crippen LogP contribution in [-0.2, 0) is 12.8 Å². The molecule has 1 aromatic rings. The predicted octanol–water partition coefficient (Wildman–Crippen LogP) is 5.02. The van der Waals surface area contributed by atoms with Crippen LogP contribution in [0.2, 0.25) is 0 Å². The fourth-order valence-corrected chi connectivity index (χ4v) is 4.15. The van der Waals surface area contributed by atoms with Crippen LogP contribution in [0.25, 0.3) is 0 Å². The van der Waals surface area contributed by atoms with Gasteiger partial charge in [-0.3, -0.25) is 0 Å². The second-order valence-corrected chi connectivity index (χ2v) is 6.74. The molecule has 1 N–H and O–H groups in total. The van der Waals surface area contributed by atoms with Crippen molar-refractivity contribution < 1.29 is 0 Å². The summed E-state index contributed by atoms with van der Waals surface area (Å²) in [6, 6.07) is 2.95. The zero-order valence-electron chi connectivity index (χ0n) is 12.4. The molecule has 0 bridgehead atoms. The molecule has 1 nitrogen and oxygen atoms in total. The van der Waals surface area contributed by atoms with Gasteiger partial charge in [0.25, 0.3) is 0 Å². The van der Waals surface area contributed by atoms with Crippen molar-refractivity contribution in [3.8, 4) is 0 Å². The van der Waals surface area contributed by atoms with Gasteiger partial charge in [0.05, 0.1) is 0 Å². The molecule has 1 unspecified atom stereocenters. The Balaban J connectivity index is 2.14. The molecule has 2 heteroatoms. The number of thiophene rings is 1. The van der Waals surface area contributed by atoms with Crippen LogP contribution in [0, 0.1) is 0 Å². The summed E-state index contributed by atoms with van der Waals surface area (Å²) < 4.78 is 0. The van der Waals surface area contributed by atoms with E-state index in [2.05, 4.69) is 31.8 Å². The third-order valence-electron chi connectivity index (χ3n) is 4.05. The largest absolute Gasteiger partial charge is 0.309 e. The monoisotopic (exact) mass is 277 g/mol. The van der Waals surface area contributed by atoms with E-state index < -0.39 is 0 Å². The first-order valence-electron chi connectivity index (χ1n) is 7.76.